The quantitative estimate of drug-likeness (QED) is 0.643. The zero-order chi connectivity index (χ0) is 14.3. The highest BCUT2D eigenvalue weighted by Gasteiger charge is 2.15. The molecule has 0 radical (unpaired) electrons. The monoisotopic (exact) mass is 279 g/mol. The molecule has 3 nitrogen and oxygen atoms in total. The predicted molar refractivity (Wildman–Crippen MR) is 87.0 cm³/mol. The SMILES string of the molecule is CN=C(NCc1ccccc1C)NCC(C)(C)SC. The second-order valence-electron chi connectivity index (χ2n) is 5.17. The van der Waals surface area contributed by atoms with Gasteiger partial charge in [0.2, 0.25) is 0 Å². The minimum atomic E-state index is 0.209. The average molecular weight is 279 g/mol. The lowest BCUT2D eigenvalue weighted by Gasteiger charge is -2.23. The van der Waals surface area contributed by atoms with Gasteiger partial charge in [-0.1, -0.05) is 24.3 Å². The fraction of sp³-hybridized carbons (Fsp3) is 0.533. The summed E-state index contributed by atoms with van der Waals surface area (Å²) in [5.41, 5.74) is 2.60. The lowest BCUT2D eigenvalue weighted by molar-refractivity contribution is 0.664. The van der Waals surface area contributed by atoms with Gasteiger partial charge >= 0.3 is 0 Å². The molecule has 0 spiro atoms. The second kappa shape index (κ2) is 7.43. The summed E-state index contributed by atoms with van der Waals surface area (Å²) in [7, 11) is 1.80. The van der Waals surface area contributed by atoms with Gasteiger partial charge in [0.25, 0.3) is 0 Å². The number of aliphatic imine (C=N–C) groups is 1. The molecule has 106 valence electrons. The van der Waals surface area contributed by atoms with E-state index in [4.69, 9.17) is 0 Å². The minimum Gasteiger partial charge on any atom is -0.355 e. The normalized spacial score (nSPS) is 12.4. The van der Waals surface area contributed by atoms with Crippen LogP contribution in [0.5, 0.6) is 0 Å². The van der Waals surface area contributed by atoms with Crippen LogP contribution in [0.25, 0.3) is 0 Å². The first-order valence-corrected chi connectivity index (χ1v) is 7.75. The molecular formula is C15H25N3S. The molecule has 1 aromatic rings. The maximum absolute atomic E-state index is 4.26. The van der Waals surface area contributed by atoms with Crippen molar-refractivity contribution in [2.75, 3.05) is 19.8 Å². The van der Waals surface area contributed by atoms with Crippen LogP contribution in [-0.4, -0.2) is 30.6 Å². The Labute approximate surface area is 121 Å². The molecule has 19 heavy (non-hydrogen) atoms. The Morgan fingerprint density at radius 3 is 2.53 bits per heavy atom. The third kappa shape index (κ3) is 5.55. The number of nitrogens with one attached hydrogen (secondary N) is 2. The van der Waals surface area contributed by atoms with E-state index in [-0.39, 0.29) is 4.75 Å². The number of guanidine groups is 1. The number of benzene rings is 1. The van der Waals surface area contributed by atoms with E-state index in [9.17, 15) is 0 Å². The number of aryl methyl sites for hydroxylation is 1. The van der Waals surface area contributed by atoms with Crippen molar-refractivity contribution >= 4 is 17.7 Å². The van der Waals surface area contributed by atoms with Crippen LogP contribution in [0.2, 0.25) is 0 Å². The predicted octanol–water partition coefficient (Wildman–Crippen LogP) is 2.80. The molecule has 0 saturated heterocycles. The molecule has 0 bridgehead atoms. The molecule has 1 aromatic carbocycles. The zero-order valence-electron chi connectivity index (χ0n) is 12.6. The van der Waals surface area contributed by atoms with Crippen molar-refractivity contribution in [3.63, 3.8) is 0 Å². The Hall–Kier alpha value is -1.16. The standard InChI is InChI=1S/C15H25N3S/c1-12-8-6-7-9-13(12)10-17-14(16-4)18-11-15(2,3)19-5/h6-9H,10-11H2,1-5H3,(H2,16,17,18). The van der Waals surface area contributed by atoms with Crippen molar-refractivity contribution in [3.05, 3.63) is 35.4 Å². The van der Waals surface area contributed by atoms with Crippen molar-refractivity contribution in [3.8, 4) is 0 Å². The molecular weight excluding hydrogens is 254 g/mol. The molecule has 0 aromatic heterocycles. The Morgan fingerprint density at radius 1 is 1.26 bits per heavy atom. The molecule has 0 fully saturated rings. The molecule has 0 aliphatic carbocycles. The third-order valence-electron chi connectivity index (χ3n) is 3.17. The van der Waals surface area contributed by atoms with Crippen LogP contribution >= 0.6 is 11.8 Å². The average Bonchev–Trinajstić information content (AvgIpc) is 2.41. The van der Waals surface area contributed by atoms with E-state index in [1.807, 2.05) is 11.8 Å². The van der Waals surface area contributed by atoms with Crippen LogP contribution in [0.1, 0.15) is 25.0 Å². The lowest BCUT2D eigenvalue weighted by atomic mass is 10.1. The van der Waals surface area contributed by atoms with Crippen LogP contribution in [0, 0.1) is 6.92 Å². The van der Waals surface area contributed by atoms with Gasteiger partial charge in [-0.3, -0.25) is 4.99 Å². The number of hydrogen-bond acceptors (Lipinski definition) is 2. The summed E-state index contributed by atoms with van der Waals surface area (Å²) in [6, 6.07) is 8.40. The first-order chi connectivity index (χ1) is 8.98. The number of thioether (sulfide) groups is 1. The van der Waals surface area contributed by atoms with E-state index in [1.54, 1.807) is 7.05 Å². The van der Waals surface area contributed by atoms with Gasteiger partial charge in [0.05, 0.1) is 0 Å². The van der Waals surface area contributed by atoms with Gasteiger partial charge in [-0.15, -0.1) is 0 Å². The smallest absolute Gasteiger partial charge is 0.191 e. The topological polar surface area (TPSA) is 36.4 Å². The van der Waals surface area contributed by atoms with E-state index in [0.29, 0.717) is 0 Å². The number of hydrogen-bond donors (Lipinski definition) is 2. The van der Waals surface area contributed by atoms with Gasteiger partial charge in [0.15, 0.2) is 5.96 Å². The summed E-state index contributed by atoms with van der Waals surface area (Å²) in [4.78, 5) is 4.26. The summed E-state index contributed by atoms with van der Waals surface area (Å²) in [6.07, 6.45) is 2.13. The molecule has 0 heterocycles. The van der Waals surface area contributed by atoms with Crippen LogP contribution in [0.4, 0.5) is 0 Å². The maximum atomic E-state index is 4.26. The molecule has 4 heteroatoms. The molecule has 0 atom stereocenters. The van der Waals surface area contributed by atoms with Crippen molar-refractivity contribution < 1.29 is 0 Å². The molecule has 0 aliphatic rings. The maximum Gasteiger partial charge on any atom is 0.191 e. The van der Waals surface area contributed by atoms with Crippen molar-refractivity contribution in [1.29, 1.82) is 0 Å². The van der Waals surface area contributed by atoms with Gasteiger partial charge in [0.1, 0.15) is 0 Å². The van der Waals surface area contributed by atoms with Crippen LogP contribution < -0.4 is 10.6 Å². The summed E-state index contributed by atoms with van der Waals surface area (Å²) < 4.78 is 0.209. The van der Waals surface area contributed by atoms with Crippen LogP contribution in [-0.2, 0) is 6.54 Å². The highest BCUT2D eigenvalue weighted by Crippen LogP contribution is 2.19. The van der Waals surface area contributed by atoms with Gasteiger partial charge in [-0.25, -0.2) is 0 Å². The molecule has 0 aliphatic heterocycles. The van der Waals surface area contributed by atoms with Gasteiger partial charge in [-0.2, -0.15) is 11.8 Å². The van der Waals surface area contributed by atoms with Gasteiger partial charge in [-0.05, 0) is 38.2 Å². The van der Waals surface area contributed by atoms with E-state index in [2.05, 4.69) is 66.9 Å². The lowest BCUT2D eigenvalue weighted by Crippen LogP contribution is -2.43. The van der Waals surface area contributed by atoms with E-state index < -0.39 is 0 Å². The highest BCUT2D eigenvalue weighted by molar-refractivity contribution is 7.99. The molecule has 0 unspecified atom stereocenters. The largest absolute Gasteiger partial charge is 0.355 e. The van der Waals surface area contributed by atoms with Crippen LogP contribution in [0.15, 0.2) is 29.3 Å². The fourth-order valence-electron chi connectivity index (χ4n) is 1.58. The van der Waals surface area contributed by atoms with Gasteiger partial charge < -0.3 is 10.6 Å². The first-order valence-electron chi connectivity index (χ1n) is 6.52. The Bertz CT molecular complexity index is 427. The molecule has 2 N–H and O–H groups in total. The van der Waals surface area contributed by atoms with Crippen molar-refractivity contribution in [1.82, 2.24) is 10.6 Å². The molecule has 1 rings (SSSR count). The zero-order valence-corrected chi connectivity index (χ0v) is 13.4. The Balaban J connectivity index is 2.49. The third-order valence-corrected chi connectivity index (χ3v) is 4.41. The van der Waals surface area contributed by atoms with E-state index in [1.165, 1.54) is 11.1 Å². The summed E-state index contributed by atoms with van der Waals surface area (Å²) in [5.74, 6) is 0.852. The molecule has 0 saturated carbocycles. The number of nitrogens with zero attached hydrogens (tertiary/aromatic N) is 1. The Morgan fingerprint density at radius 2 is 1.95 bits per heavy atom. The van der Waals surface area contributed by atoms with Crippen LogP contribution in [0.3, 0.4) is 0 Å². The number of rotatable bonds is 5. The summed E-state index contributed by atoms with van der Waals surface area (Å²) in [6.45, 7) is 8.26. The van der Waals surface area contributed by atoms with Crippen molar-refractivity contribution in [2.45, 2.75) is 32.1 Å². The van der Waals surface area contributed by atoms with E-state index >= 15 is 0 Å². The van der Waals surface area contributed by atoms with Crippen molar-refractivity contribution in [2.24, 2.45) is 4.99 Å². The van der Waals surface area contributed by atoms with Gasteiger partial charge in [0, 0.05) is 24.9 Å². The highest BCUT2D eigenvalue weighted by atomic mass is 32.2. The second-order valence-corrected chi connectivity index (χ2v) is 6.68. The summed E-state index contributed by atoms with van der Waals surface area (Å²) in [5, 5.41) is 6.72. The Kier molecular flexibility index (Phi) is 6.22. The fourth-order valence-corrected chi connectivity index (χ4v) is 1.79. The first kappa shape index (κ1) is 15.9. The minimum absolute atomic E-state index is 0.209. The van der Waals surface area contributed by atoms with E-state index in [0.717, 1.165) is 19.0 Å². The molecule has 0 amide bonds. The summed E-state index contributed by atoms with van der Waals surface area (Å²) >= 11 is 1.85.